The van der Waals surface area contributed by atoms with E-state index in [-0.39, 0.29) is 0 Å². The fraction of sp³-hybridized carbons (Fsp3) is 1.00. The largest absolute Gasteiger partial charge is 0.390 e. The number of aliphatic hydroxyl groups is 2. The lowest BCUT2D eigenvalue weighted by molar-refractivity contribution is -0.196. The van der Waals surface area contributed by atoms with Crippen LogP contribution >= 0.6 is 0 Å². The van der Waals surface area contributed by atoms with Gasteiger partial charge in [0.2, 0.25) is 0 Å². The summed E-state index contributed by atoms with van der Waals surface area (Å²) in [7, 11) is 0. The Labute approximate surface area is 68.2 Å². The van der Waals surface area contributed by atoms with Crippen molar-refractivity contribution in [3.63, 3.8) is 0 Å². The van der Waals surface area contributed by atoms with Crippen molar-refractivity contribution in [1.82, 2.24) is 0 Å². The van der Waals surface area contributed by atoms with Crippen molar-refractivity contribution in [1.29, 1.82) is 0 Å². The van der Waals surface area contributed by atoms with E-state index in [9.17, 15) is 10.2 Å². The lowest BCUT2D eigenvalue weighted by atomic mass is 9.63. The number of hydrogen-bond donors (Lipinski definition) is 2. The molecule has 66 valence electrons. The first-order chi connectivity index (χ1) is 5.15. The Kier molecular flexibility index (Phi) is 2.55. The Morgan fingerprint density at radius 3 is 2.45 bits per heavy atom. The molecule has 1 aliphatic carbocycles. The molecule has 0 heterocycles. The third kappa shape index (κ3) is 1.30. The van der Waals surface area contributed by atoms with Gasteiger partial charge in [-0.3, -0.25) is 0 Å². The van der Waals surface area contributed by atoms with E-state index < -0.39 is 11.7 Å². The first kappa shape index (κ1) is 9.01. The first-order valence-electron chi connectivity index (χ1n) is 4.55. The van der Waals surface area contributed by atoms with Gasteiger partial charge >= 0.3 is 0 Å². The molecular weight excluding hydrogens is 140 g/mol. The molecule has 1 aliphatic rings. The molecule has 0 aromatic carbocycles. The minimum atomic E-state index is -0.747. The zero-order valence-corrected chi connectivity index (χ0v) is 7.38. The average Bonchev–Trinajstić information content (AvgIpc) is 2.00. The number of aliphatic hydroxyl groups excluding tert-OH is 1. The zero-order valence-electron chi connectivity index (χ0n) is 7.38. The molecule has 1 fully saturated rings. The van der Waals surface area contributed by atoms with Gasteiger partial charge in [0.15, 0.2) is 0 Å². The molecule has 0 radical (unpaired) electrons. The van der Waals surface area contributed by atoms with E-state index in [1.807, 2.05) is 6.92 Å². The van der Waals surface area contributed by atoms with Crippen LogP contribution in [0.25, 0.3) is 0 Å². The summed E-state index contributed by atoms with van der Waals surface area (Å²) in [5.41, 5.74) is -0.747. The van der Waals surface area contributed by atoms with E-state index in [1.165, 1.54) is 0 Å². The van der Waals surface area contributed by atoms with E-state index in [0.29, 0.717) is 5.92 Å². The molecule has 0 aromatic rings. The van der Waals surface area contributed by atoms with Crippen LogP contribution in [0.15, 0.2) is 0 Å². The third-order valence-corrected chi connectivity index (χ3v) is 2.94. The molecule has 0 unspecified atom stereocenters. The zero-order chi connectivity index (χ0) is 8.48. The summed E-state index contributed by atoms with van der Waals surface area (Å²) >= 11 is 0. The predicted molar refractivity (Wildman–Crippen MR) is 44.3 cm³/mol. The molecule has 1 saturated carbocycles. The summed E-state index contributed by atoms with van der Waals surface area (Å²) in [4.78, 5) is 0. The Morgan fingerprint density at radius 1 is 1.45 bits per heavy atom. The summed E-state index contributed by atoms with van der Waals surface area (Å²) in [6.45, 7) is 4.10. The van der Waals surface area contributed by atoms with Gasteiger partial charge < -0.3 is 10.2 Å². The maximum atomic E-state index is 9.89. The molecular formula is C9H18O2. The van der Waals surface area contributed by atoms with Gasteiger partial charge in [-0.15, -0.1) is 0 Å². The van der Waals surface area contributed by atoms with Crippen molar-refractivity contribution in [3.8, 4) is 0 Å². The third-order valence-electron chi connectivity index (χ3n) is 2.94. The van der Waals surface area contributed by atoms with Crippen LogP contribution in [0.5, 0.6) is 0 Å². The highest BCUT2D eigenvalue weighted by atomic mass is 16.3. The molecule has 0 aromatic heterocycles. The van der Waals surface area contributed by atoms with Gasteiger partial charge in [0.1, 0.15) is 0 Å². The maximum Gasteiger partial charge on any atom is 0.0934 e. The van der Waals surface area contributed by atoms with Crippen LogP contribution in [0.3, 0.4) is 0 Å². The van der Waals surface area contributed by atoms with Gasteiger partial charge in [-0.2, -0.15) is 0 Å². The van der Waals surface area contributed by atoms with E-state index in [2.05, 4.69) is 6.92 Å². The van der Waals surface area contributed by atoms with E-state index in [4.69, 9.17) is 0 Å². The lowest BCUT2D eigenvalue weighted by Gasteiger charge is -2.49. The van der Waals surface area contributed by atoms with Crippen molar-refractivity contribution in [3.05, 3.63) is 0 Å². The van der Waals surface area contributed by atoms with E-state index in [0.717, 1.165) is 25.7 Å². The lowest BCUT2D eigenvalue weighted by Crippen LogP contribution is -2.59. The summed E-state index contributed by atoms with van der Waals surface area (Å²) in [6, 6.07) is 0. The van der Waals surface area contributed by atoms with Crippen LogP contribution in [0, 0.1) is 5.92 Å². The van der Waals surface area contributed by atoms with Gasteiger partial charge in [-0.05, 0) is 18.8 Å². The van der Waals surface area contributed by atoms with Crippen LogP contribution in [0.4, 0.5) is 0 Å². The van der Waals surface area contributed by atoms with Crippen molar-refractivity contribution in [2.24, 2.45) is 5.92 Å². The van der Waals surface area contributed by atoms with Crippen molar-refractivity contribution < 1.29 is 10.2 Å². The summed E-state index contributed by atoms with van der Waals surface area (Å²) < 4.78 is 0. The Balaban J connectivity index is 2.50. The van der Waals surface area contributed by atoms with Crippen LogP contribution in [-0.4, -0.2) is 21.9 Å². The van der Waals surface area contributed by atoms with Crippen LogP contribution in [0.1, 0.15) is 39.5 Å². The molecule has 2 nitrogen and oxygen atoms in total. The molecule has 2 N–H and O–H groups in total. The van der Waals surface area contributed by atoms with Gasteiger partial charge in [0.25, 0.3) is 0 Å². The highest BCUT2D eigenvalue weighted by Crippen LogP contribution is 2.43. The highest BCUT2D eigenvalue weighted by Gasteiger charge is 2.51. The number of hydrogen-bond acceptors (Lipinski definition) is 2. The summed E-state index contributed by atoms with van der Waals surface area (Å²) in [6.07, 6.45) is 2.99. The van der Waals surface area contributed by atoms with Gasteiger partial charge in [0.05, 0.1) is 11.7 Å². The molecule has 1 rings (SSSR count). The minimum absolute atomic E-state index is 0.331. The second-order valence-corrected chi connectivity index (χ2v) is 3.60. The average molecular weight is 158 g/mol. The van der Waals surface area contributed by atoms with Crippen LogP contribution in [0.2, 0.25) is 0 Å². The van der Waals surface area contributed by atoms with Crippen molar-refractivity contribution in [2.45, 2.75) is 51.2 Å². The summed E-state index contributed by atoms with van der Waals surface area (Å²) in [5, 5.41) is 19.2. The quantitative estimate of drug-likeness (QED) is 0.650. The van der Waals surface area contributed by atoms with Crippen LogP contribution in [-0.2, 0) is 0 Å². The molecule has 0 spiro atoms. The van der Waals surface area contributed by atoms with Crippen molar-refractivity contribution >= 4 is 0 Å². The summed E-state index contributed by atoms with van der Waals surface area (Å²) in [5.74, 6) is 0.331. The molecule has 2 heteroatoms. The van der Waals surface area contributed by atoms with E-state index in [1.54, 1.807) is 0 Å². The standard InChI is InChI=1S/C9H18O2/c1-3-5-9(11)7(4-2)6-8(9)10/h7-8,10-11H,3-6H2,1-2H3/t7-,8+,9-/m1/s1. The highest BCUT2D eigenvalue weighted by molar-refractivity contribution is 5.02. The molecule has 0 aliphatic heterocycles. The smallest absolute Gasteiger partial charge is 0.0934 e. The van der Waals surface area contributed by atoms with Gasteiger partial charge in [-0.1, -0.05) is 26.7 Å². The van der Waals surface area contributed by atoms with Gasteiger partial charge in [0, 0.05) is 0 Å². The fourth-order valence-electron chi connectivity index (χ4n) is 2.08. The van der Waals surface area contributed by atoms with E-state index >= 15 is 0 Å². The second-order valence-electron chi connectivity index (χ2n) is 3.60. The minimum Gasteiger partial charge on any atom is -0.390 e. The fourth-order valence-corrected chi connectivity index (χ4v) is 2.08. The molecule has 3 atom stereocenters. The van der Waals surface area contributed by atoms with Crippen molar-refractivity contribution in [2.75, 3.05) is 0 Å². The van der Waals surface area contributed by atoms with Crippen LogP contribution < -0.4 is 0 Å². The predicted octanol–water partition coefficient (Wildman–Crippen LogP) is 1.31. The Hall–Kier alpha value is -0.0800. The Bertz CT molecular complexity index is 136. The molecule has 0 amide bonds. The Morgan fingerprint density at radius 2 is 2.09 bits per heavy atom. The topological polar surface area (TPSA) is 40.5 Å². The number of rotatable bonds is 3. The SMILES string of the molecule is CCC[C@@]1(O)[C@H](CC)C[C@@H]1O. The van der Waals surface area contributed by atoms with Gasteiger partial charge in [-0.25, -0.2) is 0 Å². The maximum absolute atomic E-state index is 9.89. The molecule has 0 saturated heterocycles. The molecule has 11 heavy (non-hydrogen) atoms. The first-order valence-corrected chi connectivity index (χ1v) is 4.55. The monoisotopic (exact) mass is 158 g/mol. The molecule has 0 bridgehead atoms. The second kappa shape index (κ2) is 3.11. The normalized spacial score (nSPS) is 43.6.